The van der Waals surface area contributed by atoms with E-state index in [0.29, 0.717) is 18.3 Å². The molecule has 4 aliphatic carbocycles. The number of hydrogen-bond donors (Lipinski definition) is 0. The zero-order valence-corrected chi connectivity index (χ0v) is 16.3. The van der Waals surface area contributed by atoms with Crippen molar-refractivity contribution in [3.63, 3.8) is 0 Å². The average molecular weight is 357 g/mol. The first-order valence-electron chi connectivity index (χ1n) is 10.2. The molecule has 2 unspecified atom stereocenters. The monoisotopic (exact) mass is 357 g/mol. The van der Waals surface area contributed by atoms with Crippen LogP contribution in [0.25, 0.3) is 5.57 Å². The van der Waals surface area contributed by atoms with Gasteiger partial charge in [-0.2, -0.15) is 0 Å². The lowest BCUT2D eigenvalue weighted by molar-refractivity contribution is -0.116. The maximum atomic E-state index is 12.1. The molecule has 1 aromatic rings. The number of fused-ring (bicyclic) bond motifs is 5. The predicted octanol–water partition coefficient (Wildman–Crippen LogP) is 5.69. The maximum absolute atomic E-state index is 12.1. The van der Waals surface area contributed by atoms with E-state index in [-0.39, 0.29) is 16.6 Å². The Balaban J connectivity index is 1.54. The number of carbonyl (C=O) groups excluding carboxylic acids is 1. The van der Waals surface area contributed by atoms with Crippen molar-refractivity contribution < 1.29 is 4.79 Å². The third-order valence-corrected chi connectivity index (χ3v) is 7.95. The zero-order valence-electron chi connectivity index (χ0n) is 16.3. The van der Waals surface area contributed by atoms with Crippen LogP contribution < -0.4 is 0 Å². The molecule has 0 bridgehead atoms. The Morgan fingerprint density at radius 3 is 2.81 bits per heavy atom. The summed E-state index contributed by atoms with van der Waals surface area (Å²) in [5, 5.41) is 0. The van der Waals surface area contributed by atoms with Gasteiger partial charge in [-0.1, -0.05) is 49.8 Å². The van der Waals surface area contributed by atoms with Crippen molar-refractivity contribution in [2.24, 2.45) is 22.7 Å². The average Bonchev–Trinajstić information content (AvgIpc) is 3.01. The van der Waals surface area contributed by atoms with Gasteiger partial charge in [-0.3, -0.25) is 9.78 Å². The van der Waals surface area contributed by atoms with Gasteiger partial charge in [0.1, 0.15) is 0 Å². The summed E-state index contributed by atoms with van der Waals surface area (Å²) in [7, 11) is 0. The van der Waals surface area contributed by atoms with Crippen LogP contribution in [-0.2, 0) is 4.79 Å². The molecule has 27 heavy (non-hydrogen) atoms. The van der Waals surface area contributed by atoms with Gasteiger partial charge in [0.05, 0.1) is 0 Å². The summed E-state index contributed by atoms with van der Waals surface area (Å²) >= 11 is 0. The van der Waals surface area contributed by atoms with Crippen LogP contribution in [-0.4, -0.2) is 10.8 Å². The third-order valence-electron chi connectivity index (χ3n) is 7.95. The van der Waals surface area contributed by atoms with Gasteiger partial charge in [0.2, 0.25) is 0 Å². The number of nitrogens with zero attached hydrogens (tertiary/aromatic N) is 1. The first-order valence-corrected chi connectivity index (χ1v) is 10.2. The first kappa shape index (κ1) is 16.9. The Hall–Kier alpha value is -2.22. The minimum atomic E-state index is 0.104. The van der Waals surface area contributed by atoms with E-state index >= 15 is 0 Å². The number of pyridine rings is 1. The molecule has 2 fully saturated rings. The normalized spacial score (nSPS) is 37.6. The van der Waals surface area contributed by atoms with Gasteiger partial charge in [0.25, 0.3) is 0 Å². The molecule has 0 radical (unpaired) electrons. The van der Waals surface area contributed by atoms with E-state index in [2.05, 4.69) is 43.6 Å². The molecular weight excluding hydrogens is 330 g/mol. The Bertz CT molecular complexity index is 934. The van der Waals surface area contributed by atoms with E-state index < -0.39 is 0 Å². The van der Waals surface area contributed by atoms with Gasteiger partial charge >= 0.3 is 0 Å². The summed E-state index contributed by atoms with van der Waals surface area (Å²) in [5.74, 6) is 1.43. The number of aromatic nitrogens is 1. The van der Waals surface area contributed by atoms with Crippen molar-refractivity contribution in [2.45, 2.75) is 46.0 Å². The molecule has 4 aliphatic rings. The van der Waals surface area contributed by atoms with Crippen LogP contribution in [0.1, 0.15) is 51.5 Å². The Morgan fingerprint density at radius 2 is 2.04 bits per heavy atom. The van der Waals surface area contributed by atoms with Crippen molar-refractivity contribution in [3.05, 3.63) is 71.6 Å². The van der Waals surface area contributed by atoms with Crippen molar-refractivity contribution in [3.8, 4) is 0 Å². The van der Waals surface area contributed by atoms with E-state index in [9.17, 15) is 4.79 Å². The molecule has 138 valence electrons. The number of allylic oxidation sites excluding steroid dienone is 7. The molecule has 0 spiro atoms. The molecule has 5 rings (SSSR count). The quantitative estimate of drug-likeness (QED) is 0.646. The SMILES string of the molecule is C=C1CC2C3=CC=C(c4cccnc4)[C@@]3(C)CCC2[C@@]2(C)CCC(=O)C=C12. The lowest BCUT2D eigenvalue weighted by Crippen LogP contribution is -2.47. The Labute approximate surface area is 161 Å². The van der Waals surface area contributed by atoms with E-state index in [0.717, 1.165) is 12.8 Å². The van der Waals surface area contributed by atoms with E-state index in [1.54, 1.807) is 5.57 Å². The second kappa shape index (κ2) is 5.64. The molecule has 0 N–H and O–H groups in total. The topological polar surface area (TPSA) is 30.0 Å². The lowest BCUT2D eigenvalue weighted by atomic mass is 9.47. The van der Waals surface area contributed by atoms with Crippen LogP contribution in [0.4, 0.5) is 0 Å². The molecule has 0 aliphatic heterocycles. The van der Waals surface area contributed by atoms with Gasteiger partial charge in [-0.25, -0.2) is 0 Å². The van der Waals surface area contributed by atoms with Crippen LogP contribution in [0, 0.1) is 22.7 Å². The summed E-state index contributed by atoms with van der Waals surface area (Å²) in [4.78, 5) is 16.4. The molecule has 1 heterocycles. The highest BCUT2D eigenvalue weighted by atomic mass is 16.1. The third kappa shape index (κ3) is 2.25. The molecule has 4 atom stereocenters. The summed E-state index contributed by atoms with van der Waals surface area (Å²) in [5.41, 5.74) is 6.89. The largest absolute Gasteiger partial charge is 0.295 e. The Morgan fingerprint density at radius 1 is 1.19 bits per heavy atom. The Kier molecular flexibility index (Phi) is 3.53. The van der Waals surface area contributed by atoms with Crippen LogP contribution >= 0.6 is 0 Å². The van der Waals surface area contributed by atoms with Crippen LogP contribution in [0.5, 0.6) is 0 Å². The molecule has 2 heteroatoms. The minimum absolute atomic E-state index is 0.104. The highest BCUT2D eigenvalue weighted by Gasteiger charge is 2.55. The molecule has 0 aromatic carbocycles. The van der Waals surface area contributed by atoms with Crippen molar-refractivity contribution in [1.82, 2.24) is 4.98 Å². The van der Waals surface area contributed by atoms with E-state index in [4.69, 9.17) is 0 Å². The number of carbonyl (C=O) groups is 1. The van der Waals surface area contributed by atoms with Crippen molar-refractivity contribution in [2.75, 3.05) is 0 Å². The molecule has 1 aromatic heterocycles. The minimum Gasteiger partial charge on any atom is -0.295 e. The second-order valence-corrected chi connectivity index (χ2v) is 9.28. The van der Waals surface area contributed by atoms with Crippen molar-refractivity contribution in [1.29, 1.82) is 0 Å². The fraction of sp³-hybridized carbons (Fsp3) is 0.440. The van der Waals surface area contributed by atoms with Crippen LogP contribution in [0.3, 0.4) is 0 Å². The van der Waals surface area contributed by atoms with E-state index in [1.807, 2.05) is 24.5 Å². The number of ketones is 1. The summed E-state index contributed by atoms with van der Waals surface area (Å²) in [6.07, 6.45) is 15.5. The van der Waals surface area contributed by atoms with E-state index in [1.165, 1.54) is 35.1 Å². The molecule has 2 saturated carbocycles. The highest BCUT2D eigenvalue weighted by molar-refractivity contribution is 5.92. The standard InChI is InChI=1S/C25H27NO/c1-16-13-19-21-7-6-20(17-5-4-12-26-15-17)24(21,2)11-9-22(19)25(3)10-8-18(27)14-23(16)25/h4-7,12,14-15,19,22H,1,8-11,13H2,2-3H3/t19?,22?,24-,25-/m1/s1. The predicted molar refractivity (Wildman–Crippen MR) is 109 cm³/mol. The highest BCUT2D eigenvalue weighted by Crippen LogP contribution is 2.65. The zero-order chi connectivity index (χ0) is 18.8. The molecule has 0 amide bonds. The van der Waals surface area contributed by atoms with Gasteiger partial charge in [0.15, 0.2) is 5.78 Å². The smallest absolute Gasteiger partial charge is 0.156 e. The van der Waals surface area contributed by atoms with Gasteiger partial charge in [0, 0.05) is 24.2 Å². The number of hydrogen-bond acceptors (Lipinski definition) is 2. The van der Waals surface area contributed by atoms with Gasteiger partial charge in [-0.15, -0.1) is 0 Å². The molecule has 0 saturated heterocycles. The summed E-state index contributed by atoms with van der Waals surface area (Å²) in [6.45, 7) is 9.22. The summed E-state index contributed by atoms with van der Waals surface area (Å²) < 4.78 is 0. The fourth-order valence-corrected chi connectivity index (χ4v) is 6.50. The van der Waals surface area contributed by atoms with Gasteiger partial charge < -0.3 is 0 Å². The number of rotatable bonds is 1. The summed E-state index contributed by atoms with van der Waals surface area (Å²) in [6, 6.07) is 4.21. The van der Waals surface area contributed by atoms with Crippen molar-refractivity contribution >= 4 is 11.4 Å². The second-order valence-electron chi connectivity index (χ2n) is 9.28. The fourth-order valence-electron chi connectivity index (χ4n) is 6.50. The molecule has 2 nitrogen and oxygen atoms in total. The first-order chi connectivity index (χ1) is 12.9. The van der Waals surface area contributed by atoms with Crippen LogP contribution in [0.2, 0.25) is 0 Å². The van der Waals surface area contributed by atoms with Gasteiger partial charge in [-0.05, 0) is 71.8 Å². The van der Waals surface area contributed by atoms with Crippen LogP contribution in [0.15, 0.2) is 66.1 Å². The molecular formula is C25H27NO. The maximum Gasteiger partial charge on any atom is 0.156 e. The lowest BCUT2D eigenvalue weighted by Gasteiger charge is -2.56.